The molecule has 0 fully saturated rings. The van der Waals surface area contributed by atoms with Crippen molar-refractivity contribution in [3.05, 3.63) is 57.9 Å². The Bertz CT molecular complexity index is 991. The quantitative estimate of drug-likeness (QED) is 0.755. The second-order valence-electron chi connectivity index (χ2n) is 7.09. The monoisotopic (exact) mass is 350 g/mol. The van der Waals surface area contributed by atoms with Gasteiger partial charge in [0.25, 0.3) is 11.6 Å². The van der Waals surface area contributed by atoms with Crippen molar-refractivity contribution in [2.75, 3.05) is 0 Å². The molecule has 2 aromatic heterocycles. The molecule has 4 rings (SSSR count). The molecular formula is C20H22N4O2. The fourth-order valence-corrected chi connectivity index (χ4v) is 3.32. The van der Waals surface area contributed by atoms with Crippen LogP contribution in [-0.2, 0) is 19.6 Å². The third-order valence-electron chi connectivity index (χ3n) is 4.83. The van der Waals surface area contributed by atoms with Crippen molar-refractivity contribution in [1.29, 1.82) is 0 Å². The first-order valence-corrected chi connectivity index (χ1v) is 8.89. The minimum atomic E-state index is -0.135. The van der Waals surface area contributed by atoms with Crippen molar-refractivity contribution in [3.63, 3.8) is 0 Å². The molecule has 1 amide bonds. The molecule has 0 aliphatic carbocycles. The number of amides is 1. The molecule has 6 nitrogen and oxygen atoms in total. The van der Waals surface area contributed by atoms with Gasteiger partial charge < -0.3 is 15.2 Å². The van der Waals surface area contributed by atoms with Crippen LogP contribution in [0.15, 0.2) is 28.8 Å². The first-order chi connectivity index (χ1) is 12.5. The van der Waals surface area contributed by atoms with Crippen LogP contribution in [0.4, 0.5) is 0 Å². The van der Waals surface area contributed by atoms with E-state index in [1.165, 1.54) is 11.1 Å². The number of hydrogen-bond acceptors (Lipinski definition) is 5. The molecule has 0 radical (unpaired) electrons. The van der Waals surface area contributed by atoms with Crippen molar-refractivity contribution < 1.29 is 9.32 Å². The molecule has 6 heteroatoms. The standard InChI is InChI=1S/C20H22N4O2/c1-11(2)17-7-16(18-12(3)24-26-20(18)23-17)19(25)22-8-13-4-5-14-9-21-10-15(14)6-13/h4-7,11,21H,8-10H2,1-3H3,(H,22,25). The molecule has 0 bridgehead atoms. The number of rotatable bonds is 4. The molecule has 3 heterocycles. The first kappa shape index (κ1) is 16.7. The van der Waals surface area contributed by atoms with Gasteiger partial charge in [0.05, 0.1) is 16.6 Å². The van der Waals surface area contributed by atoms with E-state index in [4.69, 9.17) is 4.52 Å². The highest BCUT2D eigenvalue weighted by molar-refractivity contribution is 6.06. The van der Waals surface area contributed by atoms with E-state index in [9.17, 15) is 4.79 Å². The Morgan fingerprint density at radius 2 is 2.08 bits per heavy atom. The van der Waals surface area contributed by atoms with Gasteiger partial charge in [0.1, 0.15) is 0 Å². The minimum Gasteiger partial charge on any atom is -0.348 e. The third-order valence-corrected chi connectivity index (χ3v) is 4.83. The fourth-order valence-electron chi connectivity index (χ4n) is 3.32. The topological polar surface area (TPSA) is 80.0 Å². The smallest absolute Gasteiger partial charge is 0.259 e. The average Bonchev–Trinajstić information content (AvgIpc) is 3.25. The van der Waals surface area contributed by atoms with Crippen LogP contribution in [0.5, 0.6) is 0 Å². The number of carbonyl (C=O) groups is 1. The summed E-state index contributed by atoms with van der Waals surface area (Å²) in [5.74, 6) is 0.0600. The zero-order valence-electron chi connectivity index (χ0n) is 15.2. The van der Waals surface area contributed by atoms with Crippen LogP contribution in [-0.4, -0.2) is 16.0 Å². The molecule has 1 aliphatic rings. The number of pyridine rings is 1. The van der Waals surface area contributed by atoms with Crippen LogP contribution in [0.2, 0.25) is 0 Å². The van der Waals surface area contributed by atoms with Gasteiger partial charge in [0, 0.05) is 25.3 Å². The Morgan fingerprint density at radius 3 is 2.88 bits per heavy atom. The van der Waals surface area contributed by atoms with Gasteiger partial charge in [-0.05, 0) is 35.6 Å². The predicted molar refractivity (Wildman–Crippen MR) is 98.8 cm³/mol. The van der Waals surface area contributed by atoms with Crippen molar-refractivity contribution in [1.82, 2.24) is 20.8 Å². The van der Waals surface area contributed by atoms with Crippen LogP contribution >= 0.6 is 0 Å². The summed E-state index contributed by atoms with van der Waals surface area (Å²) in [6, 6.07) is 8.20. The second kappa shape index (κ2) is 6.53. The number of benzene rings is 1. The number of nitrogens with zero attached hydrogens (tertiary/aromatic N) is 2. The molecule has 134 valence electrons. The van der Waals surface area contributed by atoms with Crippen LogP contribution in [0.1, 0.15) is 58.2 Å². The van der Waals surface area contributed by atoms with E-state index < -0.39 is 0 Å². The molecule has 1 aromatic carbocycles. The Balaban J connectivity index is 1.60. The Kier molecular flexibility index (Phi) is 4.20. The number of carbonyl (C=O) groups excluding carboxylic acids is 1. The number of aromatic nitrogens is 2. The molecule has 2 N–H and O–H groups in total. The fraction of sp³-hybridized carbons (Fsp3) is 0.350. The summed E-state index contributed by atoms with van der Waals surface area (Å²) in [7, 11) is 0. The lowest BCUT2D eigenvalue weighted by atomic mass is 10.0. The van der Waals surface area contributed by atoms with E-state index >= 15 is 0 Å². The van der Waals surface area contributed by atoms with E-state index in [2.05, 4.69) is 39.0 Å². The molecule has 0 spiro atoms. The molecule has 0 saturated carbocycles. The van der Waals surface area contributed by atoms with Crippen LogP contribution in [0.25, 0.3) is 11.1 Å². The number of nitrogens with one attached hydrogen (secondary N) is 2. The molecule has 0 saturated heterocycles. The lowest BCUT2D eigenvalue weighted by molar-refractivity contribution is 0.0952. The maximum Gasteiger partial charge on any atom is 0.259 e. The summed E-state index contributed by atoms with van der Waals surface area (Å²) < 4.78 is 5.30. The summed E-state index contributed by atoms with van der Waals surface area (Å²) in [5, 5.41) is 11.0. The van der Waals surface area contributed by atoms with Crippen LogP contribution < -0.4 is 10.6 Å². The zero-order chi connectivity index (χ0) is 18.3. The Hall–Kier alpha value is -2.73. The van der Waals surface area contributed by atoms with Crippen LogP contribution in [0.3, 0.4) is 0 Å². The minimum absolute atomic E-state index is 0.135. The van der Waals surface area contributed by atoms with Gasteiger partial charge in [0.15, 0.2) is 0 Å². The number of aryl methyl sites for hydroxylation is 1. The van der Waals surface area contributed by atoms with E-state index in [0.717, 1.165) is 24.3 Å². The maximum atomic E-state index is 12.9. The van der Waals surface area contributed by atoms with Crippen LogP contribution in [0, 0.1) is 6.92 Å². The van der Waals surface area contributed by atoms with Crippen molar-refractivity contribution >= 4 is 17.0 Å². The van der Waals surface area contributed by atoms with Gasteiger partial charge in [0.2, 0.25) is 0 Å². The highest BCUT2D eigenvalue weighted by Crippen LogP contribution is 2.25. The normalized spacial score (nSPS) is 13.4. The van der Waals surface area contributed by atoms with Gasteiger partial charge in [-0.25, -0.2) is 4.98 Å². The van der Waals surface area contributed by atoms with E-state index in [-0.39, 0.29) is 11.8 Å². The molecule has 1 aliphatic heterocycles. The highest BCUT2D eigenvalue weighted by Gasteiger charge is 2.20. The van der Waals surface area contributed by atoms with E-state index in [1.54, 1.807) is 0 Å². The highest BCUT2D eigenvalue weighted by atomic mass is 16.5. The lowest BCUT2D eigenvalue weighted by Gasteiger charge is -2.10. The predicted octanol–water partition coefficient (Wildman–Crippen LogP) is 3.19. The molecule has 0 unspecified atom stereocenters. The van der Waals surface area contributed by atoms with Gasteiger partial charge in [-0.3, -0.25) is 4.79 Å². The molecular weight excluding hydrogens is 328 g/mol. The maximum absolute atomic E-state index is 12.9. The summed E-state index contributed by atoms with van der Waals surface area (Å²) >= 11 is 0. The number of fused-ring (bicyclic) bond motifs is 2. The third kappa shape index (κ3) is 2.97. The zero-order valence-corrected chi connectivity index (χ0v) is 15.2. The summed E-state index contributed by atoms with van der Waals surface area (Å²) in [6.07, 6.45) is 0. The average molecular weight is 350 g/mol. The van der Waals surface area contributed by atoms with Gasteiger partial charge in [-0.2, -0.15) is 0 Å². The number of hydrogen-bond donors (Lipinski definition) is 2. The summed E-state index contributed by atoms with van der Waals surface area (Å²) in [6.45, 7) is 8.20. The lowest BCUT2D eigenvalue weighted by Crippen LogP contribution is -2.23. The Labute approximate surface area is 152 Å². The second-order valence-corrected chi connectivity index (χ2v) is 7.09. The van der Waals surface area contributed by atoms with Crippen molar-refractivity contribution in [2.45, 2.75) is 46.3 Å². The van der Waals surface area contributed by atoms with Gasteiger partial charge in [-0.15, -0.1) is 0 Å². The van der Waals surface area contributed by atoms with E-state index in [0.29, 0.717) is 28.9 Å². The molecule has 0 atom stereocenters. The van der Waals surface area contributed by atoms with Gasteiger partial charge in [-0.1, -0.05) is 37.2 Å². The Morgan fingerprint density at radius 1 is 1.27 bits per heavy atom. The molecule has 3 aromatic rings. The van der Waals surface area contributed by atoms with Crippen molar-refractivity contribution in [3.8, 4) is 0 Å². The van der Waals surface area contributed by atoms with Gasteiger partial charge >= 0.3 is 0 Å². The summed E-state index contributed by atoms with van der Waals surface area (Å²) in [4.78, 5) is 17.4. The SMILES string of the molecule is Cc1noc2nc(C(C)C)cc(C(=O)NCc3ccc4c(c3)CNC4)c12. The molecule has 26 heavy (non-hydrogen) atoms. The first-order valence-electron chi connectivity index (χ1n) is 8.89. The largest absolute Gasteiger partial charge is 0.348 e. The summed E-state index contributed by atoms with van der Waals surface area (Å²) in [5.41, 5.74) is 6.22. The van der Waals surface area contributed by atoms with Crippen molar-refractivity contribution in [2.24, 2.45) is 0 Å². The van der Waals surface area contributed by atoms with E-state index in [1.807, 2.05) is 26.8 Å².